The lowest BCUT2D eigenvalue weighted by molar-refractivity contribution is 0.473. The van der Waals surface area contributed by atoms with E-state index in [2.05, 4.69) is 145 Å². The zero-order valence-electron chi connectivity index (χ0n) is 28.4. The molecule has 0 aliphatic rings. The number of aromatic nitrogens is 1. The van der Waals surface area contributed by atoms with Crippen LogP contribution in [-0.2, 0) is 10.8 Å². The van der Waals surface area contributed by atoms with Gasteiger partial charge in [0, 0.05) is 28.3 Å². The largest absolute Gasteiger partial charge is 0.507 e. The van der Waals surface area contributed by atoms with Gasteiger partial charge in [-0.2, -0.15) is 0 Å². The van der Waals surface area contributed by atoms with Crippen molar-refractivity contribution in [3.05, 3.63) is 138 Å². The predicted octanol–water partition coefficient (Wildman–Crippen LogP) is 12.5. The topological polar surface area (TPSA) is 45.5 Å². The summed E-state index contributed by atoms with van der Waals surface area (Å²) in [5.41, 5.74) is 10.5. The van der Waals surface area contributed by atoms with Crippen LogP contribution in [0.4, 0.5) is 5.69 Å². The zero-order valence-corrected chi connectivity index (χ0v) is 29.2. The molecular weight excluding hydrogens is 605 g/mol. The van der Waals surface area contributed by atoms with Gasteiger partial charge in [-0.15, -0.1) is 11.3 Å². The maximum absolute atomic E-state index is 10.8. The quantitative estimate of drug-likeness (QED) is 0.190. The van der Waals surface area contributed by atoms with Crippen molar-refractivity contribution in [2.24, 2.45) is 4.99 Å². The number of hydrogen-bond donors (Lipinski definition) is 1. The van der Waals surface area contributed by atoms with E-state index in [9.17, 15) is 5.11 Å². The van der Waals surface area contributed by atoms with Crippen LogP contribution in [0.25, 0.3) is 53.8 Å². The van der Waals surface area contributed by atoms with Gasteiger partial charge in [0.2, 0.25) is 0 Å². The lowest BCUT2D eigenvalue weighted by Crippen LogP contribution is -2.11. The van der Waals surface area contributed by atoms with Gasteiger partial charge in [-0.3, -0.25) is 4.99 Å². The van der Waals surface area contributed by atoms with Crippen LogP contribution >= 0.6 is 11.3 Å². The molecule has 0 spiro atoms. The molecule has 0 amide bonds. The Bertz CT molecular complexity index is 2320. The molecule has 0 bridgehead atoms. The number of thiazole rings is 1. The van der Waals surface area contributed by atoms with Crippen LogP contribution in [0.1, 0.15) is 58.2 Å². The Morgan fingerprint density at radius 1 is 0.625 bits per heavy atom. The lowest BCUT2D eigenvalue weighted by Gasteiger charge is -2.20. The first-order valence-electron chi connectivity index (χ1n) is 16.5. The molecule has 0 unspecified atom stereocenters. The molecule has 1 aromatic heterocycles. The number of aliphatic imine (C=N–C) groups is 1. The SMILES string of the molecule is CC(C)(C)c1ccc(O)c(C=Nc2c(-c3nc4c(-c5cccc(-c6ccccc6)c5)cc(C(C)(C)C)cc4s3)ccc3ccccc23)c1. The highest BCUT2D eigenvalue weighted by Crippen LogP contribution is 2.44. The molecule has 0 saturated carbocycles. The first-order chi connectivity index (χ1) is 23.0. The zero-order chi connectivity index (χ0) is 33.6. The minimum atomic E-state index is -0.0495. The van der Waals surface area contributed by atoms with E-state index in [1.165, 1.54) is 16.7 Å². The smallest absolute Gasteiger partial charge is 0.126 e. The van der Waals surface area contributed by atoms with Crippen molar-refractivity contribution in [2.45, 2.75) is 52.4 Å². The molecule has 238 valence electrons. The summed E-state index contributed by atoms with van der Waals surface area (Å²) >= 11 is 1.71. The summed E-state index contributed by atoms with van der Waals surface area (Å²) in [4.78, 5) is 10.5. The lowest BCUT2D eigenvalue weighted by atomic mass is 9.85. The van der Waals surface area contributed by atoms with E-state index in [-0.39, 0.29) is 16.6 Å². The number of phenolic OH excluding ortho intramolecular Hbond substituents is 1. The third-order valence-corrected chi connectivity index (χ3v) is 10.0. The van der Waals surface area contributed by atoms with Crippen LogP contribution in [0.2, 0.25) is 0 Å². The van der Waals surface area contributed by atoms with E-state index in [0.29, 0.717) is 5.56 Å². The fraction of sp³-hybridized carbons (Fsp3) is 0.182. The summed E-state index contributed by atoms with van der Waals surface area (Å²) in [6.45, 7) is 13.3. The highest BCUT2D eigenvalue weighted by atomic mass is 32.1. The van der Waals surface area contributed by atoms with E-state index in [0.717, 1.165) is 53.9 Å². The minimum Gasteiger partial charge on any atom is -0.507 e. The van der Waals surface area contributed by atoms with Gasteiger partial charge in [0.15, 0.2) is 0 Å². The molecule has 0 radical (unpaired) electrons. The van der Waals surface area contributed by atoms with Crippen molar-refractivity contribution in [1.82, 2.24) is 4.98 Å². The van der Waals surface area contributed by atoms with Crippen LogP contribution in [0.15, 0.2) is 126 Å². The molecule has 6 aromatic carbocycles. The number of fused-ring (bicyclic) bond motifs is 2. The average molecular weight is 645 g/mol. The second-order valence-corrected chi connectivity index (χ2v) is 15.6. The van der Waals surface area contributed by atoms with E-state index in [1.54, 1.807) is 23.6 Å². The molecule has 7 aromatic rings. The van der Waals surface area contributed by atoms with Crippen LogP contribution in [-0.4, -0.2) is 16.3 Å². The molecule has 0 aliphatic heterocycles. The second kappa shape index (κ2) is 12.2. The number of hydrogen-bond acceptors (Lipinski definition) is 4. The molecule has 48 heavy (non-hydrogen) atoms. The van der Waals surface area contributed by atoms with Gasteiger partial charge < -0.3 is 5.11 Å². The van der Waals surface area contributed by atoms with Crippen molar-refractivity contribution in [1.29, 1.82) is 0 Å². The summed E-state index contributed by atoms with van der Waals surface area (Å²) in [5.74, 6) is 0.214. The first kappa shape index (κ1) is 31.5. The van der Waals surface area contributed by atoms with Crippen molar-refractivity contribution in [3.63, 3.8) is 0 Å². The average Bonchev–Trinajstić information content (AvgIpc) is 3.51. The summed E-state index contributed by atoms with van der Waals surface area (Å²) in [7, 11) is 0. The number of benzene rings is 6. The molecule has 0 aliphatic carbocycles. The Hall–Kier alpha value is -5.06. The third-order valence-electron chi connectivity index (χ3n) is 9.00. The highest BCUT2D eigenvalue weighted by Gasteiger charge is 2.21. The molecular formula is C44H40N2OS. The van der Waals surface area contributed by atoms with Crippen LogP contribution in [0, 0.1) is 0 Å². The van der Waals surface area contributed by atoms with Crippen molar-refractivity contribution >= 4 is 44.2 Å². The Morgan fingerprint density at radius 2 is 1.33 bits per heavy atom. The molecule has 0 fully saturated rings. The van der Waals surface area contributed by atoms with Gasteiger partial charge >= 0.3 is 0 Å². The third kappa shape index (κ3) is 6.16. The monoisotopic (exact) mass is 644 g/mol. The molecule has 7 rings (SSSR count). The Labute approximate surface area is 287 Å². The first-order valence-corrected chi connectivity index (χ1v) is 17.3. The summed E-state index contributed by atoms with van der Waals surface area (Å²) in [6.07, 6.45) is 1.79. The maximum Gasteiger partial charge on any atom is 0.126 e. The summed E-state index contributed by atoms with van der Waals surface area (Å²) < 4.78 is 1.15. The van der Waals surface area contributed by atoms with Crippen molar-refractivity contribution < 1.29 is 5.11 Å². The Balaban J connectivity index is 1.42. The van der Waals surface area contributed by atoms with Crippen LogP contribution < -0.4 is 0 Å². The van der Waals surface area contributed by atoms with E-state index in [1.807, 2.05) is 12.1 Å². The van der Waals surface area contributed by atoms with E-state index < -0.39 is 0 Å². The Kier molecular flexibility index (Phi) is 8.01. The number of nitrogens with zero attached hydrogens (tertiary/aromatic N) is 2. The van der Waals surface area contributed by atoms with Gasteiger partial charge in [-0.05, 0) is 80.4 Å². The minimum absolute atomic E-state index is 0.0356. The van der Waals surface area contributed by atoms with Gasteiger partial charge in [0.1, 0.15) is 10.8 Å². The van der Waals surface area contributed by atoms with Crippen LogP contribution in [0.5, 0.6) is 5.75 Å². The maximum atomic E-state index is 10.8. The summed E-state index contributed by atoms with van der Waals surface area (Å²) in [6, 6.07) is 42.3. The Morgan fingerprint density at radius 3 is 2.10 bits per heavy atom. The normalized spacial score (nSPS) is 12.4. The predicted molar refractivity (Wildman–Crippen MR) is 206 cm³/mol. The van der Waals surface area contributed by atoms with Gasteiger partial charge in [0.05, 0.1) is 15.9 Å². The second-order valence-electron chi connectivity index (χ2n) is 14.6. The van der Waals surface area contributed by atoms with Crippen LogP contribution in [0.3, 0.4) is 0 Å². The van der Waals surface area contributed by atoms with Crippen molar-refractivity contribution in [3.8, 4) is 38.6 Å². The van der Waals surface area contributed by atoms with E-state index in [4.69, 9.17) is 9.98 Å². The fourth-order valence-corrected chi connectivity index (χ4v) is 7.18. The molecule has 4 heteroatoms. The molecule has 3 nitrogen and oxygen atoms in total. The van der Waals surface area contributed by atoms with Gasteiger partial charge in [-0.1, -0.05) is 126 Å². The molecule has 1 N–H and O–H groups in total. The number of aromatic hydroxyl groups is 1. The molecule has 1 heterocycles. The van der Waals surface area contributed by atoms with E-state index >= 15 is 0 Å². The van der Waals surface area contributed by atoms with Gasteiger partial charge in [-0.25, -0.2) is 4.98 Å². The standard InChI is InChI=1S/C44H40N2OS/c1-43(2,3)33-20-22-38(47)32(24-33)27-45-40-35-18-11-10-15-29(35)19-21-36(40)42-46-41-37(25-34(44(4,5)6)26-39(41)48-42)31-17-12-16-30(23-31)28-13-8-7-9-14-28/h7-27,47H,1-6H3. The molecule has 0 atom stereocenters. The summed E-state index contributed by atoms with van der Waals surface area (Å²) in [5, 5.41) is 13.9. The van der Waals surface area contributed by atoms with Gasteiger partial charge in [0.25, 0.3) is 0 Å². The number of phenols is 1. The number of rotatable bonds is 5. The fourth-order valence-electron chi connectivity index (χ4n) is 6.12. The van der Waals surface area contributed by atoms with Crippen molar-refractivity contribution in [2.75, 3.05) is 0 Å². The highest BCUT2D eigenvalue weighted by molar-refractivity contribution is 7.21. The molecule has 0 saturated heterocycles.